The van der Waals surface area contributed by atoms with Crippen LogP contribution in [0.25, 0.3) is 0 Å². The SMILES string of the molecule is CC(=O)OC[C@H]1O[C@H](OC2CCCCC2)C([N+](=O)[O-])=C[C@H]1OC(C)=O. The lowest BCUT2D eigenvalue weighted by atomic mass is 9.98. The minimum atomic E-state index is -1.19. The molecule has 9 heteroatoms. The number of carbonyl (C=O) groups is 2. The average Bonchev–Trinajstić information content (AvgIpc) is 2.54. The molecule has 0 aromatic heterocycles. The van der Waals surface area contributed by atoms with Gasteiger partial charge in [0, 0.05) is 19.9 Å². The second-order valence-corrected chi connectivity index (χ2v) is 6.13. The van der Waals surface area contributed by atoms with Crippen molar-refractivity contribution in [2.75, 3.05) is 6.61 Å². The average molecular weight is 357 g/mol. The van der Waals surface area contributed by atoms with Crippen LogP contribution in [0.1, 0.15) is 46.0 Å². The molecule has 0 unspecified atom stereocenters. The molecule has 25 heavy (non-hydrogen) atoms. The number of rotatable bonds is 6. The van der Waals surface area contributed by atoms with Gasteiger partial charge < -0.3 is 18.9 Å². The lowest BCUT2D eigenvalue weighted by Crippen LogP contribution is -2.46. The summed E-state index contributed by atoms with van der Waals surface area (Å²) in [6.07, 6.45) is 2.74. The van der Waals surface area contributed by atoms with Crippen LogP contribution in [0.5, 0.6) is 0 Å². The van der Waals surface area contributed by atoms with Gasteiger partial charge >= 0.3 is 17.6 Å². The van der Waals surface area contributed by atoms with Gasteiger partial charge in [0.1, 0.15) is 12.7 Å². The Balaban J connectivity index is 2.16. The van der Waals surface area contributed by atoms with E-state index >= 15 is 0 Å². The van der Waals surface area contributed by atoms with Gasteiger partial charge in [-0.25, -0.2) is 0 Å². The van der Waals surface area contributed by atoms with Crippen LogP contribution >= 0.6 is 0 Å². The molecular formula is C16H23NO8. The van der Waals surface area contributed by atoms with E-state index < -0.39 is 35.4 Å². The molecule has 0 saturated heterocycles. The van der Waals surface area contributed by atoms with Gasteiger partial charge in [-0.1, -0.05) is 19.3 Å². The first-order valence-electron chi connectivity index (χ1n) is 8.34. The molecule has 2 rings (SSSR count). The maximum absolute atomic E-state index is 11.4. The number of hydrogen-bond acceptors (Lipinski definition) is 8. The third kappa shape index (κ3) is 5.79. The summed E-state index contributed by atoms with van der Waals surface area (Å²) >= 11 is 0. The van der Waals surface area contributed by atoms with Crippen molar-refractivity contribution < 1.29 is 33.5 Å². The third-order valence-corrected chi connectivity index (χ3v) is 4.07. The zero-order valence-corrected chi connectivity index (χ0v) is 14.3. The predicted molar refractivity (Wildman–Crippen MR) is 83.9 cm³/mol. The van der Waals surface area contributed by atoms with Crippen LogP contribution < -0.4 is 0 Å². The van der Waals surface area contributed by atoms with E-state index in [0.29, 0.717) is 0 Å². The standard InChI is InChI=1S/C16H23NO8/c1-10(18)22-9-15-14(23-11(2)19)8-13(17(20)21)16(25-15)24-12-6-4-3-5-7-12/h8,12,14-16H,3-7,9H2,1-2H3/t14-,15-,16+/m1/s1. The molecule has 1 heterocycles. The maximum Gasteiger partial charge on any atom is 0.303 e. The first-order valence-corrected chi connectivity index (χ1v) is 8.34. The Bertz CT molecular complexity index is 540. The molecule has 0 bridgehead atoms. The van der Waals surface area contributed by atoms with Crippen molar-refractivity contribution >= 4 is 11.9 Å². The van der Waals surface area contributed by atoms with Crippen molar-refractivity contribution in [2.24, 2.45) is 0 Å². The Morgan fingerprint density at radius 3 is 2.48 bits per heavy atom. The highest BCUT2D eigenvalue weighted by Crippen LogP contribution is 2.28. The zero-order valence-electron chi connectivity index (χ0n) is 14.3. The molecule has 1 aliphatic heterocycles. The quantitative estimate of drug-likeness (QED) is 0.401. The Labute approximate surface area is 145 Å². The number of nitro groups is 1. The minimum Gasteiger partial charge on any atom is -0.463 e. The molecule has 0 N–H and O–H groups in total. The Hall–Kier alpha value is -2.00. The molecule has 0 amide bonds. The van der Waals surface area contributed by atoms with Crippen LogP contribution in [-0.2, 0) is 28.5 Å². The number of hydrogen-bond donors (Lipinski definition) is 0. The molecule has 1 saturated carbocycles. The van der Waals surface area contributed by atoms with E-state index in [2.05, 4.69) is 0 Å². The van der Waals surface area contributed by atoms with Crippen molar-refractivity contribution in [3.05, 3.63) is 21.9 Å². The van der Waals surface area contributed by atoms with Crippen LogP contribution in [0.2, 0.25) is 0 Å². The van der Waals surface area contributed by atoms with Crippen molar-refractivity contribution in [3.8, 4) is 0 Å². The highest BCUT2D eigenvalue weighted by molar-refractivity contribution is 5.66. The lowest BCUT2D eigenvalue weighted by Gasteiger charge is -2.33. The fourth-order valence-electron chi connectivity index (χ4n) is 2.92. The fraction of sp³-hybridized carbons (Fsp3) is 0.750. The molecule has 0 aromatic carbocycles. The van der Waals surface area contributed by atoms with E-state index in [4.69, 9.17) is 18.9 Å². The summed E-state index contributed by atoms with van der Waals surface area (Å²) in [5, 5.41) is 11.4. The van der Waals surface area contributed by atoms with Crippen LogP contribution in [0.3, 0.4) is 0 Å². The summed E-state index contributed by atoms with van der Waals surface area (Å²) in [7, 11) is 0. The largest absolute Gasteiger partial charge is 0.463 e. The number of esters is 2. The van der Waals surface area contributed by atoms with Crippen molar-refractivity contribution in [1.82, 2.24) is 0 Å². The van der Waals surface area contributed by atoms with Gasteiger partial charge in [0.15, 0.2) is 6.10 Å². The molecule has 0 spiro atoms. The normalized spacial score (nSPS) is 27.3. The van der Waals surface area contributed by atoms with Gasteiger partial charge in [0.2, 0.25) is 0 Å². The Morgan fingerprint density at radius 2 is 1.92 bits per heavy atom. The fourth-order valence-corrected chi connectivity index (χ4v) is 2.92. The monoisotopic (exact) mass is 357 g/mol. The van der Waals surface area contributed by atoms with E-state index in [9.17, 15) is 19.7 Å². The number of carbonyl (C=O) groups excluding carboxylic acids is 2. The smallest absolute Gasteiger partial charge is 0.303 e. The summed E-state index contributed by atoms with van der Waals surface area (Å²) in [4.78, 5) is 33.1. The lowest BCUT2D eigenvalue weighted by molar-refractivity contribution is -0.457. The molecule has 0 radical (unpaired) electrons. The van der Waals surface area contributed by atoms with Crippen LogP contribution in [0, 0.1) is 10.1 Å². The van der Waals surface area contributed by atoms with Crippen LogP contribution in [-0.4, -0.2) is 48.1 Å². The molecule has 1 fully saturated rings. The van der Waals surface area contributed by atoms with Gasteiger partial charge in [-0.2, -0.15) is 0 Å². The van der Waals surface area contributed by atoms with E-state index in [1.807, 2.05) is 0 Å². The number of nitrogens with zero attached hydrogens (tertiary/aromatic N) is 1. The summed E-state index contributed by atoms with van der Waals surface area (Å²) < 4.78 is 21.4. The summed E-state index contributed by atoms with van der Waals surface area (Å²) in [5.41, 5.74) is -0.309. The third-order valence-electron chi connectivity index (χ3n) is 4.07. The zero-order chi connectivity index (χ0) is 18.4. The molecule has 0 aromatic rings. The minimum absolute atomic E-state index is 0.123. The Kier molecular flexibility index (Phi) is 6.89. The van der Waals surface area contributed by atoms with E-state index in [1.165, 1.54) is 19.9 Å². The molecule has 9 nitrogen and oxygen atoms in total. The van der Waals surface area contributed by atoms with Gasteiger partial charge in [-0.05, 0) is 12.8 Å². The van der Waals surface area contributed by atoms with E-state index in [-0.39, 0.29) is 18.4 Å². The first-order chi connectivity index (χ1) is 11.9. The molecule has 3 atom stereocenters. The second kappa shape index (κ2) is 8.91. The van der Waals surface area contributed by atoms with Gasteiger partial charge in [-0.3, -0.25) is 19.7 Å². The predicted octanol–water partition coefficient (Wildman–Crippen LogP) is 1.72. The highest BCUT2D eigenvalue weighted by Gasteiger charge is 2.42. The van der Waals surface area contributed by atoms with Crippen molar-refractivity contribution in [1.29, 1.82) is 0 Å². The van der Waals surface area contributed by atoms with Crippen molar-refractivity contribution in [2.45, 2.75) is 70.6 Å². The van der Waals surface area contributed by atoms with E-state index in [1.54, 1.807) is 0 Å². The van der Waals surface area contributed by atoms with Crippen LogP contribution in [0.15, 0.2) is 11.8 Å². The van der Waals surface area contributed by atoms with Gasteiger partial charge in [0.25, 0.3) is 6.29 Å². The molecule has 1 aliphatic carbocycles. The van der Waals surface area contributed by atoms with Gasteiger partial charge in [-0.15, -0.1) is 0 Å². The van der Waals surface area contributed by atoms with Crippen LogP contribution in [0.4, 0.5) is 0 Å². The Morgan fingerprint density at radius 1 is 1.24 bits per heavy atom. The molecular weight excluding hydrogens is 334 g/mol. The molecule has 140 valence electrons. The number of ether oxygens (including phenoxy) is 4. The summed E-state index contributed by atoms with van der Waals surface area (Å²) in [5.74, 6) is -1.15. The first kappa shape index (κ1) is 19.3. The highest BCUT2D eigenvalue weighted by atomic mass is 16.7. The topological polar surface area (TPSA) is 114 Å². The second-order valence-electron chi connectivity index (χ2n) is 6.13. The summed E-state index contributed by atoms with van der Waals surface area (Å²) in [6, 6.07) is 0. The van der Waals surface area contributed by atoms with E-state index in [0.717, 1.165) is 32.1 Å². The summed E-state index contributed by atoms with van der Waals surface area (Å²) in [6.45, 7) is 2.23. The van der Waals surface area contributed by atoms with Gasteiger partial charge in [0.05, 0.1) is 11.0 Å². The van der Waals surface area contributed by atoms with Crippen molar-refractivity contribution in [3.63, 3.8) is 0 Å². The molecule has 2 aliphatic rings. The maximum atomic E-state index is 11.4.